The third-order valence-electron chi connectivity index (χ3n) is 3.23. The second-order valence-electron chi connectivity index (χ2n) is 4.64. The van der Waals surface area contributed by atoms with Gasteiger partial charge in [0.1, 0.15) is 18.1 Å². The summed E-state index contributed by atoms with van der Waals surface area (Å²) in [6, 6.07) is 12.2. The third kappa shape index (κ3) is 2.35. The lowest BCUT2D eigenvalue weighted by molar-refractivity contribution is 0.298. The van der Waals surface area contributed by atoms with E-state index in [1.165, 1.54) is 5.39 Å². The summed E-state index contributed by atoms with van der Waals surface area (Å²) in [7, 11) is 1.83. The summed E-state index contributed by atoms with van der Waals surface area (Å²) in [4.78, 5) is 0. The molecule has 3 aromatic rings. The van der Waals surface area contributed by atoms with Gasteiger partial charge >= 0.3 is 0 Å². The van der Waals surface area contributed by atoms with E-state index in [9.17, 15) is 0 Å². The standard InChI is InChI=1S/C15H16N4O/c1-19-9-12(17-18-19)10-20-15-7-6-11-4-2-3-5-13(11)14(15)8-16/h2-7,9H,8,10,16H2,1H3. The predicted molar refractivity (Wildman–Crippen MR) is 77.2 cm³/mol. The van der Waals surface area contributed by atoms with Crippen LogP contribution in [0.4, 0.5) is 0 Å². The highest BCUT2D eigenvalue weighted by atomic mass is 16.5. The Morgan fingerprint density at radius 1 is 1.20 bits per heavy atom. The molecule has 0 saturated heterocycles. The zero-order chi connectivity index (χ0) is 13.9. The minimum absolute atomic E-state index is 0.388. The van der Waals surface area contributed by atoms with Crippen molar-refractivity contribution in [2.45, 2.75) is 13.2 Å². The fraction of sp³-hybridized carbons (Fsp3) is 0.200. The van der Waals surface area contributed by atoms with Crippen LogP contribution in [0.5, 0.6) is 5.75 Å². The molecule has 0 unspecified atom stereocenters. The molecule has 2 N–H and O–H groups in total. The number of fused-ring (bicyclic) bond motifs is 1. The number of benzene rings is 2. The molecule has 5 heteroatoms. The summed E-state index contributed by atoms with van der Waals surface area (Å²) in [6.45, 7) is 0.830. The van der Waals surface area contributed by atoms with Gasteiger partial charge in [-0.25, -0.2) is 0 Å². The largest absolute Gasteiger partial charge is 0.487 e. The van der Waals surface area contributed by atoms with Gasteiger partial charge < -0.3 is 10.5 Å². The number of rotatable bonds is 4. The molecule has 102 valence electrons. The van der Waals surface area contributed by atoms with Gasteiger partial charge in [0.2, 0.25) is 0 Å². The van der Waals surface area contributed by atoms with Gasteiger partial charge in [-0.2, -0.15) is 0 Å². The van der Waals surface area contributed by atoms with Gasteiger partial charge in [-0.05, 0) is 16.8 Å². The summed E-state index contributed by atoms with van der Waals surface area (Å²) in [5.74, 6) is 0.803. The first kappa shape index (κ1) is 12.6. The van der Waals surface area contributed by atoms with Gasteiger partial charge in [-0.1, -0.05) is 35.5 Å². The van der Waals surface area contributed by atoms with Crippen LogP contribution in [-0.4, -0.2) is 15.0 Å². The van der Waals surface area contributed by atoms with Crippen molar-refractivity contribution in [3.63, 3.8) is 0 Å². The van der Waals surface area contributed by atoms with Crippen molar-refractivity contribution < 1.29 is 4.74 Å². The highest BCUT2D eigenvalue weighted by Gasteiger charge is 2.08. The van der Waals surface area contributed by atoms with Crippen molar-refractivity contribution in [3.8, 4) is 5.75 Å². The molecule has 5 nitrogen and oxygen atoms in total. The number of aromatic nitrogens is 3. The number of ether oxygens (including phenoxy) is 1. The molecule has 0 spiro atoms. The Hall–Kier alpha value is -2.40. The van der Waals surface area contributed by atoms with Crippen molar-refractivity contribution in [2.24, 2.45) is 12.8 Å². The Kier molecular flexibility index (Phi) is 3.35. The molecule has 0 saturated carbocycles. The van der Waals surface area contributed by atoms with Crippen molar-refractivity contribution in [1.29, 1.82) is 0 Å². The van der Waals surface area contributed by atoms with E-state index in [0.29, 0.717) is 13.2 Å². The molecule has 3 rings (SSSR count). The minimum Gasteiger partial charge on any atom is -0.487 e. The highest BCUT2D eigenvalue weighted by molar-refractivity contribution is 5.87. The zero-order valence-electron chi connectivity index (χ0n) is 11.3. The summed E-state index contributed by atoms with van der Waals surface area (Å²) >= 11 is 0. The van der Waals surface area contributed by atoms with Gasteiger partial charge in [0.05, 0.1) is 6.20 Å². The van der Waals surface area contributed by atoms with Crippen LogP contribution in [0.2, 0.25) is 0 Å². The Morgan fingerprint density at radius 2 is 2.05 bits per heavy atom. The van der Waals surface area contributed by atoms with Crippen LogP contribution in [-0.2, 0) is 20.2 Å². The van der Waals surface area contributed by atoms with E-state index in [2.05, 4.69) is 22.4 Å². The fourth-order valence-corrected chi connectivity index (χ4v) is 2.27. The van der Waals surface area contributed by atoms with Gasteiger partial charge in [0.15, 0.2) is 0 Å². The van der Waals surface area contributed by atoms with Crippen LogP contribution in [0, 0.1) is 0 Å². The number of aryl methyl sites for hydroxylation is 1. The van der Waals surface area contributed by atoms with E-state index in [4.69, 9.17) is 10.5 Å². The number of nitrogens with zero attached hydrogens (tertiary/aromatic N) is 3. The molecule has 0 fully saturated rings. The fourth-order valence-electron chi connectivity index (χ4n) is 2.27. The minimum atomic E-state index is 0.388. The predicted octanol–water partition coefficient (Wildman–Crippen LogP) is 2.01. The number of hydrogen-bond acceptors (Lipinski definition) is 4. The molecule has 20 heavy (non-hydrogen) atoms. The molecule has 1 aromatic heterocycles. The lowest BCUT2D eigenvalue weighted by Gasteiger charge is -2.12. The van der Waals surface area contributed by atoms with E-state index >= 15 is 0 Å². The van der Waals surface area contributed by atoms with Gasteiger partial charge in [-0.3, -0.25) is 4.68 Å². The lowest BCUT2D eigenvalue weighted by atomic mass is 10.0. The third-order valence-corrected chi connectivity index (χ3v) is 3.23. The summed E-state index contributed by atoms with van der Waals surface area (Å²) in [6.07, 6.45) is 1.84. The quantitative estimate of drug-likeness (QED) is 0.786. The summed E-state index contributed by atoms with van der Waals surface area (Å²) < 4.78 is 7.50. The maximum absolute atomic E-state index is 5.88. The summed E-state index contributed by atoms with van der Waals surface area (Å²) in [5.41, 5.74) is 7.69. The molecule has 0 aliphatic rings. The van der Waals surface area contributed by atoms with Crippen LogP contribution in [0.1, 0.15) is 11.3 Å². The Bertz CT molecular complexity index is 736. The van der Waals surface area contributed by atoms with Crippen LogP contribution >= 0.6 is 0 Å². The summed E-state index contributed by atoms with van der Waals surface area (Å²) in [5, 5.41) is 10.2. The van der Waals surface area contributed by atoms with Crippen molar-refractivity contribution in [2.75, 3.05) is 0 Å². The van der Waals surface area contributed by atoms with E-state index in [1.54, 1.807) is 4.68 Å². The van der Waals surface area contributed by atoms with Crippen LogP contribution in [0.15, 0.2) is 42.6 Å². The highest BCUT2D eigenvalue weighted by Crippen LogP contribution is 2.28. The molecule has 2 aromatic carbocycles. The Labute approximate surface area is 117 Å². The normalized spacial score (nSPS) is 10.9. The molecule has 0 radical (unpaired) electrons. The maximum atomic E-state index is 5.88. The van der Waals surface area contributed by atoms with E-state index in [0.717, 1.165) is 22.4 Å². The molecule has 0 amide bonds. The van der Waals surface area contributed by atoms with E-state index in [1.807, 2.05) is 37.5 Å². The first-order valence-electron chi connectivity index (χ1n) is 6.46. The monoisotopic (exact) mass is 268 g/mol. The smallest absolute Gasteiger partial charge is 0.134 e. The van der Waals surface area contributed by atoms with E-state index in [-0.39, 0.29) is 0 Å². The van der Waals surface area contributed by atoms with Crippen molar-refractivity contribution >= 4 is 10.8 Å². The molecule has 1 heterocycles. The zero-order valence-corrected chi connectivity index (χ0v) is 11.3. The van der Waals surface area contributed by atoms with Gasteiger partial charge in [0.25, 0.3) is 0 Å². The first-order valence-corrected chi connectivity index (χ1v) is 6.46. The first-order chi connectivity index (χ1) is 9.78. The van der Waals surface area contributed by atoms with Gasteiger partial charge in [0, 0.05) is 19.2 Å². The second-order valence-corrected chi connectivity index (χ2v) is 4.64. The number of nitrogens with two attached hydrogens (primary N) is 1. The topological polar surface area (TPSA) is 66.0 Å². The average molecular weight is 268 g/mol. The molecular formula is C15H16N4O. The van der Waals surface area contributed by atoms with Crippen LogP contribution in [0.3, 0.4) is 0 Å². The molecule has 0 aliphatic carbocycles. The Balaban J connectivity index is 1.91. The lowest BCUT2D eigenvalue weighted by Crippen LogP contribution is -2.04. The van der Waals surface area contributed by atoms with Crippen LogP contribution < -0.4 is 10.5 Å². The molecule has 0 atom stereocenters. The second kappa shape index (κ2) is 5.30. The van der Waals surface area contributed by atoms with E-state index < -0.39 is 0 Å². The molecular weight excluding hydrogens is 252 g/mol. The van der Waals surface area contributed by atoms with Crippen molar-refractivity contribution in [3.05, 3.63) is 53.9 Å². The van der Waals surface area contributed by atoms with Crippen LogP contribution in [0.25, 0.3) is 10.8 Å². The Morgan fingerprint density at radius 3 is 2.80 bits per heavy atom. The van der Waals surface area contributed by atoms with Gasteiger partial charge in [-0.15, -0.1) is 5.10 Å². The maximum Gasteiger partial charge on any atom is 0.134 e. The average Bonchev–Trinajstić information content (AvgIpc) is 2.90. The van der Waals surface area contributed by atoms with Crippen molar-refractivity contribution in [1.82, 2.24) is 15.0 Å². The molecule has 0 bridgehead atoms. The molecule has 0 aliphatic heterocycles. The number of hydrogen-bond donors (Lipinski definition) is 1. The SMILES string of the molecule is Cn1cc(COc2ccc3ccccc3c2CN)nn1.